The summed E-state index contributed by atoms with van der Waals surface area (Å²) in [7, 11) is 0. The van der Waals surface area contributed by atoms with Crippen LogP contribution in [0.4, 0.5) is 0 Å². The average molecular weight is 259 g/mol. The van der Waals surface area contributed by atoms with E-state index in [1.54, 1.807) is 0 Å². The van der Waals surface area contributed by atoms with E-state index in [0.717, 1.165) is 24.8 Å². The zero-order valence-electron chi connectivity index (χ0n) is 12.3. The lowest BCUT2D eigenvalue weighted by molar-refractivity contribution is -0.125. The number of Topliss-reactive ketones (excluding diaryl/α,β-unsaturated/α-hetero) is 1. The molecule has 2 unspecified atom stereocenters. The molecule has 1 aliphatic carbocycles. The Bertz CT molecular complexity index is 460. The fourth-order valence-electron chi connectivity index (χ4n) is 3.38. The second kappa shape index (κ2) is 5.46. The normalized spacial score (nSPS) is 27.3. The number of carbonyl (C=O) groups excluding carboxylic acids is 1. The van der Waals surface area contributed by atoms with E-state index in [1.807, 2.05) is 0 Å². The average Bonchev–Trinajstić information content (AvgIpc) is 2.26. The van der Waals surface area contributed by atoms with Gasteiger partial charge in [-0.2, -0.15) is 0 Å². The van der Waals surface area contributed by atoms with Gasteiger partial charge in [-0.05, 0) is 38.2 Å². The molecule has 104 valence electrons. The quantitative estimate of drug-likeness (QED) is 0.905. The monoisotopic (exact) mass is 259 g/mol. The molecule has 0 spiro atoms. The van der Waals surface area contributed by atoms with Crippen LogP contribution in [0.5, 0.6) is 0 Å². The lowest BCUT2D eigenvalue weighted by atomic mass is 9.73. The zero-order chi connectivity index (χ0) is 14.0. The number of benzene rings is 1. The summed E-state index contributed by atoms with van der Waals surface area (Å²) in [6, 6.07) is 6.33. The van der Waals surface area contributed by atoms with Crippen molar-refractivity contribution in [3.05, 3.63) is 34.9 Å². The van der Waals surface area contributed by atoms with Gasteiger partial charge in [-0.1, -0.05) is 49.1 Å². The number of carbonyl (C=O) groups is 1. The summed E-state index contributed by atoms with van der Waals surface area (Å²) in [5.74, 6) is 0.783. The molecule has 19 heavy (non-hydrogen) atoms. The predicted octanol–water partition coefficient (Wildman–Crippen LogP) is 3.32. The minimum Gasteiger partial charge on any atom is -0.319 e. The highest BCUT2D eigenvalue weighted by molar-refractivity contribution is 5.90. The van der Waals surface area contributed by atoms with Crippen molar-refractivity contribution in [1.82, 2.24) is 0 Å². The Labute approximate surface area is 116 Å². The van der Waals surface area contributed by atoms with Crippen molar-refractivity contribution >= 4 is 5.78 Å². The standard InChI is InChI=1S/C17H25NO/c1-12-5-4-6-17(18,11-12)16(19)10-15-8-13(2)7-14(3)9-15/h7-9,12H,4-6,10-11,18H2,1-3H3. The van der Waals surface area contributed by atoms with Crippen LogP contribution in [0.1, 0.15) is 49.3 Å². The van der Waals surface area contributed by atoms with Gasteiger partial charge in [-0.15, -0.1) is 0 Å². The van der Waals surface area contributed by atoms with Gasteiger partial charge in [0.2, 0.25) is 0 Å². The molecule has 1 saturated carbocycles. The number of hydrogen-bond acceptors (Lipinski definition) is 2. The summed E-state index contributed by atoms with van der Waals surface area (Å²) in [5, 5.41) is 0. The lowest BCUT2D eigenvalue weighted by Gasteiger charge is -2.35. The fourth-order valence-corrected chi connectivity index (χ4v) is 3.38. The number of aryl methyl sites for hydroxylation is 2. The molecule has 0 amide bonds. The van der Waals surface area contributed by atoms with Gasteiger partial charge in [0, 0.05) is 6.42 Å². The van der Waals surface area contributed by atoms with Crippen molar-refractivity contribution in [2.75, 3.05) is 0 Å². The molecule has 1 aromatic rings. The summed E-state index contributed by atoms with van der Waals surface area (Å²) in [5.41, 5.74) is 9.31. The summed E-state index contributed by atoms with van der Waals surface area (Å²) in [6.45, 7) is 6.34. The van der Waals surface area contributed by atoms with Gasteiger partial charge in [-0.3, -0.25) is 4.79 Å². The maximum absolute atomic E-state index is 12.5. The van der Waals surface area contributed by atoms with Crippen LogP contribution in [0.15, 0.2) is 18.2 Å². The smallest absolute Gasteiger partial charge is 0.157 e. The minimum absolute atomic E-state index is 0.212. The van der Waals surface area contributed by atoms with E-state index in [0.29, 0.717) is 12.3 Å². The van der Waals surface area contributed by atoms with Crippen LogP contribution in [-0.2, 0) is 11.2 Å². The van der Waals surface area contributed by atoms with Crippen molar-refractivity contribution in [2.24, 2.45) is 11.7 Å². The maximum atomic E-state index is 12.5. The van der Waals surface area contributed by atoms with Crippen molar-refractivity contribution < 1.29 is 4.79 Å². The second-order valence-electron chi connectivity index (χ2n) is 6.45. The molecule has 0 aromatic heterocycles. The van der Waals surface area contributed by atoms with Crippen LogP contribution < -0.4 is 5.73 Å². The van der Waals surface area contributed by atoms with E-state index >= 15 is 0 Å². The first-order chi connectivity index (χ1) is 8.89. The molecule has 0 saturated heterocycles. The Morgan fingerprint density at radius 1 is 1.32 bits per heavy atom. The molecule has 2 nitrogen and oxygen atoms in total. The third kappa shape index (κ3) is 3.44. The van der Waals surface area contributed by atoms with Crippen LogP contribution in [0.25, 0.3) is 0 Å². The first kappa shape index (κ1) is 14.3. The summed E-state index contributed by atoms with van der Waals surface area (Å²) >= 11 is 0. The number of rotatable bonds is 3. The lowest BCUT2D eigenvalue weighted by Crippen LogP contribution is -2.51. The maximum Gasteiger partial charge on any atom is 0.157 e. The molecule has 1 aromatic carbocycles. The van der Waals surface area contributed by atoms with Crippen LogP contribution in [0.3, 0.4) is 0 Å². The Morgan fingerprint density at radius 2 is 1.95 bits per heavy atom. The van der Waals surface area contributed by atoms with E-state index in [2.05, 4.69) is 39.0 Å². The van der Waals surface area contributed by atoms with E-state index in [9.17, 15) is 4.79 Å². The van der Waals surface area contributed by atoms with E-state index in [1.165, 1.54) is 17.5 Å². The Morgan fingerprint density at radius 3 is 2.53 bits per heavy atom. The van der Waals surface area contributed by atoms with Crippen LogP contribution >= 0.6 is 0 Å². The Hall–Kier alpha value is -1.15. The van der Waals surface area contributed by atoms with Crippen LogP contribution in [-0.4, -0.2) is 11.3 Å². The zero-order valence-corrected chi connectivity index (χ0v) is 12.3. The first-order valence-corrected chi connectivity index (χ1v) is 7.28. The van der Waals surface area contributed by atoms with Gasteiger partial charge >= 0.3 is 0 Å². The number of hydrogen-bond donors (Lipinski definition) is 1. The van der Waals surface area contributed by atoms with Crippen molar-refractivity contribution in [3.8, 4) is 0 Å². The SMILES string of the molecule is Cc1cc(C)cc(CC(=O)C2(N)CCCC(C)C2)c1. The van der Waals surface area contributed by atoms with Crippen molar-refractivity contribution in [1.29, 1.82) is 0 Å². The van der Waals surface area contributed by atoms with Gasteiger partial charge in [0.15, 0.2) is 5.78 Å². The molecule has 0 heterocycles. The molecule has 0 aliphatic heterocycles. The first-order valence-electron chi connectivity index (χ1n) is 7.28. The summed E-state index contributed by atoms with van der Waals surface area (Å²) in [4.78, 5) is 12.5. The summed E-state index contributed by atoms with van der Waals surface area (Å²) < 4.78 is 0. The molecule has 0 radical (unpaired) electrons. The highest BCUT2D eigenvalue weighted by Gasteiger charge is 2.37. The van der Waals surface area contributed by atoms with E-state index in [4.69, 9.17) is 5.73 Å². The largest absolute Gasteiger partial charge is 0.319 e. The van der Waals surface area contributed by atoms with Crippen molar-refractivity contribution in [3.63, 3.8) is 0 Å². The Kier molecular flexibility index (Phi) is 4.10. The summed E-state index contributed by atoms with van der Waals surface area (Å²) in [6.07, 6.45) is 4.45. The molecular formula is C17H25NO. The van der Waals surface area contributed by atoms with Gasteiger partial charge in [-0.25, -0.2) is 0 Å². The molecule has 2 N–H and O–H groups in total. The topological polar surface area (TPSA) is 43.1 Å². The number of ketones is 1. The highest BCUT2D eigenvalue weighted by atomic mass is 16.1. The van der Waals surface area contributed by atoms with Gasteiger partial charge in [0.25, 0.3) is 0 Å². The van der Waals surface area contributed by atoms with Gasteiger partial charge in [0.1, 0.15) is 0 Å². The highest BCUT2D eigenvalue weighted by Crippen LogP contribution is 2.31. The fraction of sp³-hybridized carbons (Fsp3) is 0.588. The third-order valence-electron chi connectivity index (χ3n) is 4.23. The van der Waals surface area contributed by atoms with Gasteiger partial charge in [0.05, 0.1) is 5.54 Å². The predicted molar refractivity (Wildman–Crippen MR) is 79.2 cm³/mol. The van der Waals surface area contributed by atoms with E-state index < -0.39 is 5.54 Å². The minimum atomic E-state index is -0.588. The second-order valence-corrected chi connectivity index (χ2v) is 6.45. The molecule has 2 rings (SSSR count). The molecular weight excluding hydrogens is 234 g/mol. The Balaban J connectivity index is 2.11. The number of nitrogens with two attached hydrogens (primary N) is 1. The van der Waals surface area contributed by atoms with Gasteiger partial charge < -0.3 is 5.73 Å². The molecule has 0 bridgehead atoms. The third-order valence-corrected chi connectivity index (χ3v) is 4.23. The molecule has 1 fully saturated rings. The molecule has 1 aliphatic rings. The van der Waals surface area contributed by atoms with Crippen LogP contribution in [0, 0.1) is 19.8 Å². The van der Waals surface area contributed by atoms with Crippen molar-refractivity contribution in [2.45, 2.75) is 58.4 Å². The molecule has 2 atom stereocenters. The van der Waals surface area contributed by atoms with Crippen LogP contribution in [0.2, 0.25) is 0 Å². The molecule has 2 heteroatoms. The van der Waals surface area contributed by atoms with E-state index in [-0.39, 0.29) is 5.78 Å².